The summed E-state index contributed by atoms with van der Waals surface area (Å²) >= 11 is 0. The molecule has 3 aromatic carbocycles. The zero-order chi connectivity index (χ0) is 35.8. The minimum Gasteiger partial charge on any atom is -0.493 e. The highest BCUT2D eigenvalue weighted by molar-refractivity contribution is 5.98. The van der Waals surface area contributed by atoms with Crippen LogP contribution in [0.25, 0.3) is 10.9 Å². The second kappa shape index (κ2) is 16.1. The Labute approximate surface area is 287 Å². The van der Waals surface area contributed by atoms with E-state index in [0.29, 0.717) is 41.3 Å². The van der Waals surface area contributed by atoms with Crippen molar-refractivity contribution in [2.45, 2.75) is 45.2 Å². The molecule has 0 fully saturated rings. The van der Waals surface area contributed by atoms with Gasteiger partial charge in [0.25, 0.3) is 17.4 Å². The van der Waals surface area contributed by atoms with Crippen molar-refractivity contribution in [3.05, 3.63) is 93.8 Å². The molecule has 0 saturated heterocycles. The number of rotatable bonds is 3. The van der Waals surface area contributed by atoms with Gasteiger partial charge >= 0.3 is 0 Å². The number of carbonyl (C=O) groups is 4. The van der Waals surface area contributed by atoms with Gasteiger partial charge in [-0.25, -0.2) is 9.37 Å². The van der Waals surface area contributed by atoms with E-state index >= 15 is 4.39 Å². The Morgan fingerprint density at radius 3 is 2.56 bits per heavy atom. The molecule has 2 aliphatic rings. The van der Waals surface area contributed by atoms with Crippen LogP contribution in [0, 0.1) is 5.82 Å². The van der Waals surface area contributed by atoms with Crippen molar-refractivity contribution in [1.82, 2.24) is 30.4 Å². The number of aromatic nitrogens is 2. The van der Waals surface area contributed by atoms with E-state index < -0.39 is 23.7 Å². The molecule has 4 amide bonds. The summed E-state index contributed by atoms with van der Waals surface area (Å²) in [6.45, 7) is 2.45. The lowest BCUT2D eigenvalue weighted by atomic mass is 10.1. The summed E-state index contributed by atoms with van der Waals surface area (Å²) in [5, 5.41) is 8.70. The number of amides is 4. The lowest BCUT2D eigenvalue weighted by Gasteiger charge is -2.23. The molecule has 262 valence electrons. The van der Waals surface area contributed by atoms with Crippen LogP contribution in [0.1, 0.15) is 58.9 Å². The van der Waals surface area contributed by atoms with Crippen LogP contribution in [-0.2, 0) is 23.2 Å². The van der Waals surface area contributed by atoms with Gasteiger partial charge in [-0.05, 0) is 73.4 Å². The maximum Gasteiger partial charge on any atom is 0.260 e. The molecule has 0 spiro atoms. The molecule has 50 heavy (non-hydrogen) atoms. The van der Waals surface area contributed by atoms with Crippen LogP contribution < -0.4 is 31.0 Å². The van der Waals surface area contributed by atoms with Gasteiger partial charge in [-0.2, -0.15) is 0 Å². The number of hydrogen-bond acceptors (Lipinski definition) is 8. The standard InChI is InChI=1S/C36H39FN6O7/c1-4-27-34(46)39-20-22-8-12-29(26(37)17-22)50-31-19-23(10-13-30(31)49-3)33(45)38-14-6-16-43(15-5-7-32(44)41-27)35(47)24-9-11-25-28(18-24)40-21-42(2)36(25)48/h8-13,17-19,21,27H,4-7,14-16,20H2,1-3H3,(H,38,45)(H,39,46)(H,41,44)/t27-/m0/s1. The first kappa shape index (κ1) is 35.5. The molecule has 13 nitrogen and oxygen atoms in total. The van der Waals surface area contributed by atoms with Gasteiger partial charge in [-0.15, -0.1) is 0 Å². The number of aryl methyl sites for hydroxylation is 1. The third-order valence-electron chi connectivity index (χ3n) is 8.34. The fourth-order valence-electron chi connectivity index (χ4n) is 5.53. The highest BCUT2D eigenvalue weighted by Gasteiger charge is 2.22. The predicted molar refractivity (Wildman–Crippen MR) is 183 cm³/mol. The van der Waals surface area contributed by atoms with E-state index in [0.717, 1.165) is 0 Å². The first-order chi connectivity index (χ1) is 24.1. The maximum absolute atomic E-state index is 15.1. The van der Waals surface area contributed by atoms with Crippen LogP contribution in [0.2, 0.25) is 0 Å². The molecule has 14 heteroatoms. The number of halogens is 1. The van der Waals surface area contributed by atoms with Gasteiger partial charge in [0.2, 0.25) is 11.8 Å². The second-order valence-electron chi connectivity index (χ2n) is 11.9. The number of nitrogens with one attached hydrogen (secondary N) is 3. The fraction of sp³-hybridized carbons (Fsp3) is 0.333. The van der Waals surface area contributed by atoms with Crippen LogP contribution in [-0.4, -0.2) is 70.9 Å². The third-order valence-corrected chi connectivity index (χ3v) is 8.34. The molecule has 3 heterocycles. The summed E-state index contributed by atoms with van der Waals surface area (Å²) in [5.74, 6) is -1.90. The van der Waals surface area contributed by atoms with Crippen LogP contribution in [0.5, 0.6) is 17.2 Å². The minimum absolute atomic E-state index is 0.0112. The summed E-state index contributed by atoms with van der Waals surface area (Å²) in [5.41, 5.74) is 1.19. The van der Waals surface area contributed by atoms with E-state index in [-0.39, 0.29) is 72.8 Å². The molecule has 0 aliphatic carbocycles. The highest BCUT2D eigenvalue weighted by atomic mass is 19.1. The molecular formula is C36H39FN6O7. The summed E-state index contributed by atoms with van der Waals surface area (Å²) in [6.07, 6.45) is 2.45. The zero-order valence-electron chi connectivity index (χ0n) is 28.1. The van der Waals surface area contributed by atoms with Crippen LogP contribution in [0.15, 0.2) is 65.7 Å². The number of nitrogens with zero attached hydrogens (tertiary/aromatic N) is 3. The Hall–Kier alpha value is -5.79. The van der Waals surface area contributed by atoms with Gasteiger partial charge < -0.3 is 34.9 Å². The smallest absolute Gasteiger partial charge is 0.260 e. The number of benzene rings is 3. The highest BCUT2D eigenvalue weighted by Crippen LogP contribution is 2.34. The van der Waals surface area contributed by atoms with E-state index in [1.165, 1.54) is 36.2 Å². The molecule has 3 N–H and O–H groups in total. The average Bonchev–Trinajstić information content (AvgIpc) is 3.12. The van der Waals surface area contributed by atoms with E-state index in [1.807, 2.05) is 0 Å². The van der Waals surface area contributed by atoms with Crippen molar-refractivity contribution in [3.8, 4) is 17.2 Å². The molecule has 4 bridgehead atoms. The Bertz CT molecular complexity index is 1980. The van der Waals surface area contributed by atoms with Gasteiger partial charge in [0.15, 0.2) is 23.1 Å². The van der Waals surface area contributed by atoms with Crippen molar-refractivity contribution in [1.29, 1.82) is 0 Å². The topological polar surface area (TPSA) is 161 Å². The Kier molecular flexibility index (Phi) is 11.4. The Balaban J connectivity index is 1.38. The second-order valence-corrected chi connectivity index (χ2v) is 11.9. The molecule has 0 saturated carbocycles. The molecule has 4 aromatic rings. The summed E-state index contributed by atoms with van der Waals surface area (Å²) in [7, 11) is 3.02. The average molecular weight is 687 g/mol. The fourth-order valence-corrected chi connectivity index (χ4v) is 5.53. The molecule has 2 aliphatic heterocycles. The van der Waals surface area contributed by atoms with Crippen molar-refractivity contribution >= 4 is 34.5 Å². The van der Waals surface area contributed by atoms with Gasteiger partial charge in [0.05, 0.1) is 24.3 Å². The van der Waals surface area contributed by atoms with Crippen LogP contribution >= 0.6 is 0 Å². The summed E-state index contributed by atoms with van der Waals surface area (Å²) in [6, 6.07) is 12.7. The van der Waals surface area contributed by atoms with Gasteiger partial charge in [-0.3, -0.25) is 24.0 Å². The molecule has 1 aromatic heterocycles. The van der Waals surface area contributed by atoms with Gasteiger partial charge in [-0.1, -0.05) is 13.0 Å². The van der Waals surface area contributed by atoms with Crippen molar-refractivity contribution < 1.29 is 33.0 Å². The number of methoxy groups -OCH3 is 1. The Morgan fingerprint density at radius 2 is 1.80 bits per heavy atom. The largest absolute Gasteiger partial charge is 0.493 e. The zero-order valence-corrected chi connectivity index (χ0v) is 28.1. The number of carbonyl (C=O) groups excluding carboxylic acids is 4. The molecule has 0 unspecified atom stereocenters. The molecule has 1 atom stereocenters. The number of hydrogen-bond donors (Lipinski definition) is 3. The van der Waals surface area contributed by atoms with Gasteiger partial charge in [0, 0.05) is 50.8 Å². The van der Waals surface area contributed by atoms with Crippen molar-refractivity contribution in [2.75, 3.05) is 26.7 Å². The Morgan fingerprint density at radius 1 is 1.00 bits per heavy atom. The minimum atomic E-state index is -0.810. The third kappa shape index (κ3) is 8.43. The molecule has 6 rings (SSSR count). The van der Waals surface area contributed by atoms with E-state index in [9.17, 15) is 24.0 Å². The van der Waals surface area contributed by atoms with E-state index in [2.05, 4.69) is 20.9 Å². The first-order valence-corrected chi connectivity index (χ1v) is 16.3. The summed E-state index contributed by atoms with van der Waals surface area (Å²) in [4.78, 5) is 71.0. The van der Waals surface area contributed by atoms with Gasteiger partial charge in [0.1, 0.15) is 6.04 Å². The van der Waals surface area contributed by atoms with E-state index in [1.54, 1.807) is 55.3 Å². The molecular weight excluding hydrogens is 647 g/mol. The predicted octanol–water partition coefficient (Wildman–Crippen LogP) is 3.44. The quantitative estimate of drug-likeness (QED) is 0.296. The van der Waals surface area contributed by atoms with Crippen molar-refractivity contribution in [3.63, 3.8) is 0 Å². The monoisotopic (exact) mass is 686 g/mol. The normalized spacial score (nSPS) is 16.6. The number of ether oxygens (including phenoxy) is 2. The van der Waals surface area contributed by atoms with Crippen LogP contribution in [0.3, 0.4) is 0 Å². The van der Waals surface area contributed by atoms with Crippen molar-refractivity contribution in [2.24, 2.45) is 7.05 Å². The lowest BCUT2D eigenvalue weighted by molar-refractivity contribution is -0.129. The SMILES string of the molecule is CC[C@@H]1NC(=O)CCCN(C(=O)c2ccc3c(=O)n(C)cnc3c2)CCCNC(=O)c2ccc(OC)c(c2)Oc2ccc(cc2F)CNC1=O. The summed E-state index contributed by atoms with van der Waals surface area (Å²) < 4.78 is 27.6. The number of fused-ring (bicyclic) bond motifs is 17. The lowest BCUT2D eigenvalue weighted by Crippen LogP contribution is -2.46. The maximum atomic E-state index is 15.1. The van der Waals surface area contributed by atoms with E-state index in [4.69, 9.17) is 9.47 Å². The first-order valence-electron chi connectivity index (χ1n) is 16.3. The molecule has 0 radical (unpaired) electrons. The van der Waals surface area contributed by atoms with Crippen LogP contribution in [0.4, 0.5) is 4.39 Å².